The molecule has 1 aromatic carbocycles. The number of hydrogen-bond donors (Lipinski definition) is 1. The fourth-order valence-corrected chi connectivity index (χ4v) is 2.31. The van der Waals surface area contributed by atoms with Crippen molar-refractivity contribution in [2.75, 3.05) is 6.54 Å². The predicted molar refractivity (Wildman–Crippen MR) is 74.6 cm³/mol. The monoisotopic (exact) mass is 297 g/mol. The third-order valence-electron chi connectivity index (χ3n) is 3.21. The number of benzene rings is 1. The molecule has 1 aliphatic carbocycles. The molecule has 0 amide bonds. The molecule has 0 atom stereocenters. The van der Waals surface area contributed by atoms with E-state index in [4.69, 9.17) is 4.74 Å². The van der Waals surface area contributed by atoms with E-state index in [1.165, 1.54) is 12.0 Å². The van der Waals surface area contributed by atoms with Gasteiger partial charge >= 0.3 is 0 Å². The van der Waals surface area contributed by atoms with E-state index in [1.807, 2.05) is 6.07 Å². The summed E-state index contributed by atoms with van der Waals surface area (Å²) in [4.78, 5) is 0. The second-order valence-electron chi connectivity index (χ2n) is 4.77. The van der Waals surface area contributed by atoms with Gasteiger partial charge in [0.2, 0.25) is 0 Å². The molecule has 0 saturated heterocycles. The first-order valence-electron chi connectivity index (χ1n) is 6.35. The number of rotatable bonds is 5. The van der Waals surface area contributed by atoms with Crippen LogP contribution in [0.15, 0.2) is 22.7 Å². The van der Waals surface area contributed by atoms with Crippen molar-refractivity contribution in [3.63, 3.8) is 0 Å². The highest BCUT2D eigenvalue weighted by atomic mass is 79.9. The first-order chi connectivity index (χ1) is 8.19. The summed E-state index contributed by atoms with van der Waals surface area (Å²) < 4.78 is 7.08. The summed E-state index contributed by atoms with van der Waals surface area (Å²) in [5.41, 5.74) is 1.22. The molecule has 1 aromatic rings. The van der Waals surface area contributed by atoms with Crippen LogP contribution in [-0.4, -0.2) is 18.7 Å². The van der Waals surface area contributed by atoms with E-state index in [0.717, 1.165) is 29.6 Å². The normalized spacial score (nSPS) is 23.2. The molecule has 1 N–H and O–H groups in total. The molecule has 2 nitrogen and oxygen atoms in total. The topological polar surface area (TPSA) is 21.3 Å². The van der Waals surface area contributed by atoms with Gasteiger partial charge in [-0.05, 0) is 56.5 Å². The van der Waals surface area contributed by atoms with Crippen LogP contribution in [0.5, 0.6) is 5.75 Å². The summed E-state index contributed by atoms with van der Waals surface area (Å²) in [6.45, 7) is 5.41. The fourth-order valence-electron chi connectivity index (χ4n) is 2.06. The van der Waals surface area contributed by atoms with Gasteiger partial charge in [-0.25, -0.2) is 0 Å². The molecule has 2 rings (SSSR count). The maximum atomic E-state index is 5.94. The van der Waals surface area contributed by atoms with Gasteiger partial charge in [0, 0.05) is 10.5 Å². The van der Waals surface area contributed by atoms with Crippen LogP contribution in [0.4, 0.5) is 0 Å². The van der Waals surface area contributed by atoms with E-state index in [1.54, 1.807) is 0 Å². The average molecular weight is 298 g/mol. The molecule has 0 radical (unpaired) electrons. The summed E-state index contributed by atoms with van der Waals surface area (Å²) in [6, 6.07) is 6.84. The quantitative estimate of drug-likeness (QED) is 0.895. The zero-order valence-electron chi connectivity index (χ0n) is 10.5. The molecular weight excluding hydrogens is 278 g/mol. The lowest BCUT2D eigenvalue weighted by atomic mass is 9.89. The summed E-state index contributed by atoms with van der Waals surface area (Å²) in [5, 5.41) is 3.52. The summed E-state index contributed by atoms with van der Waals surface area (Å²) in [6.07, 6.45) is 3.86. The van der Waals surface area contributed by atoms with Crippen molar-refractivity contribution in [1.82, 2.24) is 5.32 Å². The summed E-state index contributed by atoms with van der Waals surface area (Å²) in [5.74, 6) is 0.990. The minimum atomic E-state index is 0.393. The molecular formula is C14H20BrNO. The molecule has 0 bridgehead atoms. The van der Waals surface area contributed by atoms with Gasteiger partial charge in [0.25, 0.3) is 0 Å². The molecule has 3 heteroatoms. The SMILES string of the molecule is CCCNC1CC(Oc2ccc(Br)c(C)c2)C1. The van der Waals surface area contributed by atoms with Gasteiger partial charge in [0.05, 0.1) is 0 Å². The van der Waals surface area contributed by atoms with Crippen LogP contribution >= 0.6 is 15.9 Å². The number of hydrogen-bond acceptors (Lipinski definition) is 2. The molecule has 1 fully saturated rings. The Morgan fingerprint density at radius 2 is 2.18 bits per heavy atom. The average Bonchev–Trinajstić information content (AvgIpc) is 2.26. The van der Waals surface area contributed by atoms with E-state index < -0.39 is 0 Å². The first kappa shape index (κ1) is 12.9. The van der Waals surface area contributed by atoms with Crippen LogP contribution in [0.1, 0.15) is 31.7 Å². The van der Waals surface area contributed by atoms with Gasteiger partial charge in [-0.3, -0.25) is 0 Å². The third-order valence-corrected chi connectivity index (χ3v) is 4.10. The first-order valence-corrected chi connectivity index (χ1v) is 7.14. The van der Waals surface area contributed by atoms with E-state index in [9.17, 15) is 0 Å². The molecule has 0 spiro atoms. The van der Waals surface area contributed by atoms with Crippen molar-refractivity contribution in [3.05, 3.63) is 28.2 Å². The lowest BCUT2D eigenvalue weighted by Crippen LogP contribution is -2.46. The highest BCUT2D eigenvalue weighted by Crippen LogP contribution is 2.28. The van der Waals surface area contributed by atoms with Crippen molar-refractivity contribution in [3.8, 4) is 5.75 Å². The Morgan fingerprint density at radius 3 is 2.82 bits per heavy atom. The Morgan fingerprint density at radius 1 is 1.41 bits per heavy atom. The highest BCUT2D eigenvalue weighted by Gasteiger charge is 2.30. The predicted octanol–water partition coefficient (Wildman–Crippen LogP) is 3.67. The van der Waals surface area contributed by atoms with Gasteiger partial charge in [0.1, 0.15) is 11.9 Å². The second-order valence-corrected chi connectivity index (χ2v) is 5.63. The van der Waals surface area contributed by atoms with Crippen molar-refractivity contribution in [2.45, 2.75) is 45.3 Å². The minimum absolute atomic E-state index is 0.393. The van der Waals surface area contributed by atoms with E-state index in [-0.39, 0.29) is 0 Å². The van der Waals surface area contributed by atoms with Crippen molar-refractivity contribution < 1.29 is 4.74 Å². The third kappa shape index (κ3) is 3.46. The van der Waals surface area contributed by atoms with Crippen LogP contribution in [0, 0.1) is 6.92 Å². The molecule has 0 heterocycles. The number of aryl methyl sites for hydroxylation is 1. The molecule has 1 aliphatic rings. The fraction of sp³-hybridized carbons (Fsp3) is 0.571. The van der Waals surface area contributed by atoms with Crippen LogP contribution in [0.3, 0.4) is 0 Å². The Hall–Kier alpha value is -0.540. The largest absolute Gasteiger partial charge is 0.490 e. The van der Waals surface area contributed by atoms with E-state index in [2.05, 4.69) is 47.2 Å². The van der Waals surface area contributed by atoms with E-state index in [0.29, 0.717) is 12.1 Å². The molecule has 1 saturated carbocycles. The lowest BCUT2D eigenvalue weighted by molar-refractivity contribution is 0.0852. The zero-order valence-corrected chi connectivity index (χ0v) is 12.1. The number of nitrogens with one attached hydrogen (secondary N) is 1. The van der Waals surface area contributed by atoms with E-state index >= 15 is 0 Å². The molecule has 17 heavy (non-hydrogen) atoms. The van der Waals surface area contributed by atoms with Crippen molar-refractivity contribution in [2.24, 2.45) is 0 Å². The smallest absolute Gasteiger partial charge is 0.120 e. The van der Waals surface area contributed by atoms with Gasteiger partial charge in [-0.15, -0.1) is 0 Å². The van der Waals surface area contributed by atoms with Crippen LogP contribution < -0.4 is 10.1 Å². The van der Waals surface area contributed by atoms with Crippen molar-refractivity contribution >= 4 is 15.9 Å². The van der Waals surface area contributed by atoms with Crippen molar-refractivity contribution in [1.29, 1.82) is 0 Å². The maximum Gasteiger partial charge on any atom is 0.120 e. The van der Waals surface area contributed by atoms with Crippen LogP contribution in [0.25, 0.3) is 0 Å². The molecule has 94 valence electrons. The molecule has 0 aliphatic heterocycles. The summed E-state index contributed by atoms with van der Waals surface area (Å²) in [7, 11) is 0. The Bertz CT molecular complexity index is 374. The van der Waals surface area contributed by atoms with Gasteiger partial charge in [-0.1, -0.05) is 22.9 Å². The Kier molecular flexibility index (Phi) is 4.46. The second kappa shape index (κ2) is 5.87. The van der Waals surface area contributed by atoms with Gasteiger partial charge in [0.15, 0.2) is 0 Å². The Labute approximate surface area is 112 Å². The molecule has 0 aromatic heterocycles. The minimum Gasteiger partial charge on any atom is -0.490 e. The Balaban J connectivity index is 1.77. The molecule has 0 unspecified atom stereocenters. The zero-order chi connectivity index (χ0) is 12.3. The van der Waals surface area contributed by atoms with Gasteiger partial charge in [-0.2, -0.15) is 0 Å². The lowest BCUT2D eigenvalue weighted by Gasteiger charge is -2.36. The maximum absolute atomic E-state index is 5.94. The van der Waals surface area contributed by atoms with Crippen LogP contribution in [-0.2, 0) is 0 Å². The number of ether oxygens (including phenoxy) is 1. The highest BCUT2D eigenvalue weighted by molar-refractivity contribution is 9.10. The number of halogens is 1. The summed E-state index contributed by atoms with van der Waals surface area (Å²) >= 11 is 3.50. The van der Waals surface area contributed by atoms with Gasteiger partial charge < -0.3 is 10.1 Å². The van der Waals surface area contributed by atoms with Crippen LogP contribution in [0.2, 0.25) is 0 Å². The standard InChI is InChI=1S/C14H20BrNO/c1-3-6-16-11-8-13(9-11)17-12-4-5-14(15)10(2)7-12/h4-5,7,11,13,16H,3,6,8-9H2,1-2H3.